The second-order valence-electron chi connectivity index (χ2n) is 5.40. The van der Waals surface area contributed by atoms with Gasteiger partial charge >= 0.3 is 0 Å². The fraction of sp³-hybridized carbons (Fsp3) is 0.643. The Kier molecular flexibility index (Phi) is 4.00. The zero-order valence-corrected chi connectivity index (χ0v) is 12.3. The van der Waals surface area contributed by atoms with E-state index in [-0.39, 0.29) is 17.9 Å². The molecule has 20 heavy (non-hydrogen) atoms. The molecule has 2 amide bonds. The lowest BCUT2D eigenvalue weighted by Gasteiger charge is -2.34. The number of amides is 2. The average molecular weight is 293 g/mol. The quantitative estimate of drug-likeness (QED) is 0.844. The number of rotatable bonds is 3. The van der Waals surface area contributed by atoms with Gasteiger partial charge in [0.2, 0.25) is 11.8 Å². The van der Waals surface area contributed by atoms with Gasteiger partial charge in [-0.15, -0.1) is 11.3 Å². The fourth-order valence-electron chi connectivity index (χ4n) is 3.01. The van der Waals surface area contributed by atoms with E-state index in [1.807, 2.05) is 15.8 Å². The molecule has 0 bridgehead atoms. The van der Waals surface area contributed by atoms with Crippen molar-refractivity contribution in [1.29, 1.82) is 0 Å². The Morgan fingerprint density at radius 1 is 1.30 bits per heavy atom. The molecule has 1 unspecified atom stereocenters. The minimum atomic E-state index is -0.214. The van der Waals surface area contributed by atoms with Crippen LogP contribution in [-0.4, -0.2) is 52.3 Å². The van der Waals surface area contributed by atoms with E-state index in [0.29, 0.717) is 19.5 Å². The second-order valence-corrected chi connectivity index (χ2v) is 6.12. The summed E-state index contributed by atoms with van der Waals surface area (Å²) in [5, 5.41) is 2.01. The van der Waals surface area contributed by atoms with Crippen molar-refractivity contribution >= 4 is 23.2 Å². The number of fused-ring (bicyclic) bond motifs is 1. The topological polar surface area (TPSA) is 53.5 Å². The Morgan fingerprint density at radius 3 is 3.00 bits per heavy atom. The van der Waals surface area contributed by atoms with Crippen molar-refractivity contribution in [1.82, 2.24) is 14.8 Å². The van der Waals surface area contributed by atoms with Gasteiger partial charge in [-0.05, 0) is 19.3 Å². The van der Waals surface area contributed by atoms with E-state index < -0.39 is 0 Å². The molecule has 0 radical (unpaired) electrons. The van der Waals surface area contributed by atoms with E-state index in [9.17, 15) is 9.59 Å². The minimum Gasteiger partial charge on any atom is -0.340 e. The van der Waals surface area contributed by atoms with E-state index in [0.717, 1.165) is 37.9 Å². The lowest BCUT2D eigenvalue weighted by Crippen LogP contribution is -2.50. The second kappa shape index (κ2) is 5.91. The van der Waals surface area contributed by atoms with Gasteiger partial charge in [-0.3, -0.25) is 9.59 Å². The van der Waals surface area contributed by atoms with Crippen molar-refractivity contribution in [2.24, 2.45) is 0 Å². The monoisotopic (exact) mass is 293 g/mol. The SMILES string of the molecule is O=C1C2CCCCN2C(=O)CCN1CCc1cscn1. The van der Waals surface area contributed by atoms with Crippen LogP contribution in [0, 0.1) is 0 Å². The van der Waals surface area contributed by atoms with Crippen molar-refractivity contribution < 1.29 is 9.59 Å². The molecule has 0 N–H and O–H groups in total. The van der Waals surface area contributed by atoms with Gasteiger partial charge in [0.1, 0.15) is 6.04 Å². The van der Waals surface area contributed by atoms with Gasteiger partial charge in [0.25, 0.3) is 0 Å². The molecule has 2 fully saturated rings. The summed E-state index contributed by atoms with van der Waals surface area (Å²) in [7, 11) is 0. The molecule has 0 saturated carbocycles. The van der Waals surface area contributed by atoms with Crippen LogP contribution in [0.3, 0.4) is 0 Å². The van der Waals surface area contributed by atoms with Crippen LogP contribution >= 0.6 is 11.3 Å². The zero-order chi connectivity index (χ0) is 13.9. The van der Waals surface area contributed by atoms with Gasteiger partial charge < -0.3 is 9.80 Å². The fourth-order valence-corrected chi connectivity index (χ4v) is 3.61. The molecule has 0 spiro atoms. The summed E-state index contributed by atoms with van der Waals surface area (Å²) < 4.78 is 0. The van der Waals surface area contributed by atoms with Gasteiger partial charge in [0, 0.05) is 37.9 Å². The Labute approximate surface area is 122 Å². The molecule has 1 aromatic heterocycles. The van der Waals surface area contributed by atoms with Crippen molar-refractivity contribution in [2.75, 3.05) is 19.6 Å². The van der Waals surface area contributed by atoms with Gasteiger partial charge in [-0.25, -0.2) is 4.98 Å². The van der Waals surface area contributed by atoms with Crippen molar-refractivity contribution in [3.63, 3.8) is 0 Å². The first-order valence-electron chi connectivity index (χ1n) is 7.21. The number of carbonyl (C=O) groups excluding carboxylic acids is 2. The molecular weight excluding hydrogens is 274 g/mol. The predicted octanol–water partition coefficient (Wildman–Crippen LogP) is 1.30. The van der Waals surface area contributed by atoms with E-state index in [1.165, 1.54) is 0 Å². The minimum absolute atomic E-state index is 0.130. The maximum Gasteiger partial charge on any atom is 0.245 e. The molecule has 3 rings (SSSR count). The van der Waals surface area contributed by atoms with E-state index in [4.69, 9.17) is 0 Å². The van der Waals surface area contributed by atoms with Crippen LogP contribution in [0.15, 0.2) is 10.9 Å². The van der Waals surface area contributed by atoms with Crippen LogP contribution in [0.2, 0.25) is 0 Å². The number of carbonyl (C=O) groups is 2. The number of hydrogen-bond donors (Lipinski definition) is 0. The summed E-state index contributed by atoms with van der Waals surface area (Å²) in [6.07, 6.45) is 4.11. The molecule has 2 aliphatic heterocycles. The van der Waals surface area contributed by atoms with E-state index in [2.05, 4.69) is 4.98 Å². The first-order chi connectivity index (χ1) is 9.75. The van der Waals surface area contributed by atoms with Gasteiger partial charge in [0.05, 0.1) is 11.2 Å². The smallest absolute Gasteiger partial charge is 0.245 e. The van der Waals surface area contributed by atoms with Gasteiger partial charge in [-0.2, -0.15) is 0 Å². The third-order valence-corrected chi connectivity index (χ3v) is 4.77. The molecule has 1 aromatic rings. The lowest BCUT2D eigenvalue weighted by atomic mass is 10.0. The Hall–Kier alpha value is -1.43. The van der Waals surface area contributed by atoms with Crippen LogP contribution in [0.25, 0.3) is 0 Å². The van der Waals surface area contributed by atoms with Crippen LogP contribution < -0.4 is 0 Å². The molecule has 0 aliphatic carbocycles. The standard InChI is InChI=1S/C14H19N3O2S/c18-13-5-8-16(7-4-11-9-20-10-15-11)14(19)12-3-1-2-6-17(12)13/h9-10,12H,1-8H2. The maximum atomic E-state index is 12.6. The summed E-state index contributed by atoms with van der Waals surface area (Å²) in [6.45, 7) is 1.96. The highest BCUT2D eigenvalue weighted by Gasteiger charge is 2.37. The number of aromatic nitrogens is 1. The van der Waals surface area contributed by atoms with Crippen LogP contribution in [0.4, 0.5) is 0 Å². The van der Waals surface area contributed by atoms with E-state index >= 15 is 0 Å². The summed E-state index contributed by atoms with van der Waals surface area (Å²) in [4.78, 5) is 32.6. The highest BCUT2D eigenvalue weighted by Crippen LogP contribution is 2.23. The van der Waals surface area contributed by atoms with Gasteiger partial charge in [0.15, 0.2) is 0 Å². The predicted molar refractivity (Wildman–Crippen MR) is 76.4 cm³/mol. The maximum absolute atomic E-state index is 12.6. The molecular formula is C14H19N3O2S. The van der Waals surface area contributed by atoms with Crippen molar-refractivity contribution in [3.8, 4) is 0 Å². The molecule has 5 nitrogen and oxygen atoms in total. The van der Waals surface area contributed by atoms with Gasteiger partial charge in [-0.1, -0.05) is 0 Å². The molecule has 1 atom stereocenters. The summed E-state index contributed by atoms with van der Waals surface area (Å²) in [6, 6.07) is -0.214. The molecule has 108 valence electrons. The Balaban J connectivity index is 1.68. The average Bonchev–Trinajstić information content (AvgIpc) is 2.96. The Bertz CT molecular complexity index is 489. The molecule has 0 aromatic carbocycles. The first kappa shape index (κ1) is 13.5. The zero-order valence-electron chi connectivity index (χ0n) is 11.5. The Morgan fingerprint density at radius 2 is 2.20 bits per heavy atom. The number of piperidine rings is 1. The highest BCUT2D eigenvalue weighted by molar-refractivity contribution is 7.07. The largest absolute Gasteiger partial charge is 0.340 e. The van der Waals surface area contributed by atoms with Crippen molar-refractivity contribution in [2.45, 2.75) is 38.1 Å². The van der Waals surface area contributed by atoms with Crippen LogP contribution in [-0.2, 0) is 16.0 Å². The number of thiazole rings is 1. The molecule has 3 heterocycles. The summed E-state index contributed by atoms with van der Waals surface area (Å²) in [5.74, 6) is 0.269. The van der Waals surface area contributed by atoms with Crippen LogP contribution in [0.1, 0.15) is 31.4 Å². The summed E-state index contributed by atoms with van der Waals surface area (Å²) >= 11 is 1.57. The third kappa shape index (κ3) is 2.70. The first-order valence-corrected chi connectivity index (χ1v) is 8.15. The highest BCUT2D eigenvalue weighted by atomic mass is 32.1. The number of hydrogen-bond acceptors (Lipinski definition) is 4. The van der Waals surface area contributed by atoms with Crippen LogP contribution in [0.5, 0.6) is 0 Å². The molecule has 2 aliphatic rings. The molecule has 6 heteroatoms. The molecule has 2 saturated heterocycles. The lowest BCUT2D eigenvalue weighted by molar-refractivity contribution is -0.143. The van der Waals surface area contributed by atoms with E-state index in [1.54, 1.807) is 16.2 Å². The third-order valence-electron chi connectivity index (χ3n) is 4.14. The van der Waals surface area contributed by atoms with Crippen molar-refractivity contribution in [3.05, 3.63) is 16.6 Å². The number of nitrogens with zero attached hydrogens (tertiary/aromatic N) is 3. The summed E-state index contributed by atoms with van der Waals surface area (Å²) in [5.41, 5.74) is 2.84. The normalized spacial score (nSPS) is 23.7.